The highest BCUT2D eigenvalue weighted by Gasteiger charge is 2.41. The lowest BCUT2D eigenvalue weighted by atomic mass is 9.85. The maximum atomic E-state index is 14.1. The van der Waals surface area contributed by atoms with Gasteiger partial charge >= 0.3 is 6.18 Å². The summed E-state index contributed by atoms with van der Waals surface area (Å²) >= 11 is 0. The summed E-state index contributed by atoms with van der Waals surface area (Å²) in [5.74, 6) is -1.66. The molecule has 0 radical (unpaired) electrons. The Morgan fingerprint density at radius 2 is 1.86 bits per heavy atom. The number of hydrogen-bond acceptors (Lipinski definition) is 1. The predicted octanol–water partition coefficient (Wildman–Crippen LogP) is 4.25. The molecule has 1 aliphatic heterocycles. The Bertz CT molecular complexity index is 584. The molecule has 1 saturated heterocycles. The van der Waals surface area contributed by atoms with Gasteiger partial charge in [0.05, 0.1) is 11.1 Å². The van der Waals surface area contributed by atoms with Crippen LogP contribution in [0.2, 0.25) is 0 Å². The molecule has 2 nitrogen and oxygen atoms in total. The summed E-state index contributed by atoms with van der Waals surface area (Å²) in [7, 11) is 0. The van der Waals surface area contributed by atoms with Gasteiger partial charge in [-0.2, -0.15) is 13.2 Å². The molecular weight excluding hydrogens is 298 g/mol. The highest BCUT2D eigenvalue weighted by molar-refractivity contribution is 5.95. The number of hydrogen-bond donors (Lipinski definition) is 0. The molecular formula is C16H17F4NO. The SMILES string of the molecule is O=C(c1cccc(C(F)(F)F)c1F)N1CC[C@H]2CCCC[C@@H]21. The van der Waals surface area contributed by atoms with Crippen LogP contribution in [0.25, 0.3) is 0 Å². The molecule has 1 aliphatic carbocycles. The predicted molar refractivity (Wildman–Crippen MR) is 72.8 cm³/mol. The average Bonchev–Trinajstić information content (AvgIpc) is 2.89. The Morgan fingerprint density at radius 1 is 1.14 bits per heavy atom. The molecule has 1 aromatic rings. The zero-order valence-corrected chi connectivity index (χ0v) is 12.0. The molecule has 1 heterocycles. The van der Waals surface area contributed by atoms with Gasteiger partial charge in [-0.1, -0.05) is 18.9 Å². The van der Waals surface area contributed by atoms with Gasteiger partial charge in [0.25, 0.3) is 5.91 Å². The number of carbonyl (C=O) groups is 1. The van der Waals surface area contributed by atoms with E-state index in [1.54, 1.807) is 4.90 Å². The normalized spacial score (nSPS) is 25.2. The van der Waals surface area contributed by atoms with E-state index in [4.69, 9.17) is 0 Å². The average molecular weight is 315 g/mol. The van der Waals surface area contributed by atoms with Crippen LogP contribution in [0.3, 0.4) is 0 Å². The molecule has 0 bridgehead atoms. The topological polar surface area (TPSA) is 20.3 Å². The van der Waals surface area contributed by atoms with Gasteiger partial charge in [-0.05, 0) is 37.3 Å². The molecule has 3 rings (SSSR count). The van der Waals surface area contributed by atoms with Crippen LogP contribution in [0.15, 0.2) is 18.2 Å². The van der Waals surface area contributed by atoms with Crippen LogP contribution >= 0.6 is 0 Å². The first-order valence-corrected chi connectivity index (χ1v) is 7.56. The largest absolute Gasteiger partial charge is 0.419 e. The number of halogens is 4. The maximum Gasteiger partial charge on any atom is 0.419 e. The molecule has 0 unspecified atom stereocenters. The first-order chi connectivity index (χ1) is 10.4. The standard InChI is InChI=1S/C16H17F4NO/c17-14-11(5-3-6-12(14)16(18,19)20)15(22)21-9-8-10-4-1-2-7-13(10)21/h3,5-6,10,13H,1-2,4,7-9H2/t10-,13+/m1/s1. The van der Waals surface area contributed by atoms with Crippen molar-refractivity contribution in [3.8, 4) is 0 Å². The molecule has 6 heteroatoms. The van der Waals surface area contributed by atoms with Crippen molar-refractivity contribution in [2.75, 3.05) is 6.54 Å². The molecule has 120 valence electrons. The minimum atomic E-state index is -4.79. The van der Waals surface area contributed by atoms with E-state index < -0.39 is 29.0 Å². The van der Waals surface area contributed by atoms with Gasteiger partial charge in [-0.15, -0.1) is 0 Å². The number of benzene rings is 1. The summed E-state index contributed by atoms with van der Waals surface area (Å²) in [5, 5.41) is 0. The molecule has 2 atom stereocenters. The summed E-state index contributed by atoms with van der Waals surface area (Å²) < 4.78 is 52.4. The van der Waals surface area contributed by atoms with E-state index in [0.29, 0.717) is 18.5 Å². The van der Waals surface area contributed by atoms with Crippen molar-refractivity contribution >= 4 is 5.91 Å². The number of carbonyl (C=O) groups excluding carboxylic acids is 1. The van der Waals surface area contributed by atoms with Gasteiger partial charge in [0.1, 0.15) is 5.82 Å². The zero-order valence-electron chi connectivity index (χ0n) is 12.0. The first kappa shape index (κ1) is 15.3. The minimum absolute atomic E-state index is 0.0511. The van der Waals surface area contributed by atoms with Crippen molar-refractivity contribution in [3.05, 3.63) is 35.1 Å². The van der Waals surface area contributed by atoms with Crippen molar-refractivity contribution in [2.45, 2.75) is 44.3 Å². The second-order valence-electron chi connectivity index (χ2n) is 6.06. The Hall–Kier alpha value is -1.59. The third kappa shape index (κ3) is 2.59. The molecule has 1 aromatic carbocycles. The summed E-state index contributed by atoms with van der Waals surface area (Å²) in [6, 6.07) is 2.95. The summed E-state index contributed by atoms with van der Waals surface area (Å²) in [5.41, 5.74) is -1.85. The van der Waals surface area contributed by atoms with Gasteiger partial charge in [0, 0.05) is 12.6 Å². The lowest BCUT2D eigenvalue weighted by Crippen LogP contribution is -2.39. The molecule has 0 N–H and O–H groups in total. The Kier molecular flexibility index (Phi) is 3.87. The number of amides is 1. The Labute approximate surface area is 126 Å². The number of fused-ring (bicyclic) bond motifs is 1. The third-order valence-corrected chi connectivity index (χ3v) is 4.81. The van der Waals surface area contributed by atoms with E-state index in [2.05, 4.69) is 0 Å². The summed E-state index contributed by atoms with van der Waals surface area (Å²) in [4.78, 5) is 14.1. The second-order valence-corrected chi connectivity index (χ2v) is 6.06. The Morgan fingerprint density at radius 3 is 2.59 bits per heavy atom. The van der Waals surface area contributed by atoms with E-state index in [1.165, 1.54) is 0 Å². The highest BCUT2D eigenvalue weighted by atomic mass is 19.4. The van der Waals surface area contributed by atoms with Gasteiger partial charge in [-0.3, -0.25) is 4.79 Å². The van der Waals surface area contributed by atoms with Crippen LogP contribution in [0.5, 0.6) is 0 Å². The van der Waals surface area contributed by atoms with Gasteiger partial charge < -0.3 is 4.90 Å². The fourth-order valence-corrected chi connectivity index (χ4v) is 3.73. The van der Waals surface area contributed by atoms with Crippen LogP contribution in [-0.2, 0) is 6.18 Å². The Balaban J connectivity index is 1.90. The molecule has 1 saturated carbocycles. The zero-order chi connectivity index (χ0) is 15.9. The van der Waals surface area contributed by atoms with E-state index in [0.717, 1.165) is 44.2 Å². The van der Waals surface area contributed by atoms with Gasteiger partial charge in [0.2, 0.25) is 0 Å². The summed E-state index contributed by atoms with van der Waals surface area (Å²) in [6.07, 6.45) is 0.101. The quantitative estimate of drug-likeness (QED) is 0.710. The lowest BCUT2D eigenvalue weighted by molar-refractivity contribution is -0.140. The molecule has 0 aromatic heterocycles. The highest BCUT2D eigenvalue weighted by Crippen LogP contribution is 2.38. The first-order valence-electron chi connectivity index (χ1n) is 7.56. The lowest BCUT2D eigenvalue weighted by Gasteiger charge is -2.31. The van der Waals surface area contributed by atoms with Crippen LogP contribution in [0.1, 0.15) is 48.0 Å². The monoisotopic (exact) mass is 315 g/mol. The molecule has 0 spiro atoms. The minimum Gasteiger partial charge on any atom is -0.335 e. The molecule has 1 amide bonds. The fraction of sp³-hybridized carbons (Fsp3) is 0.562. The van der Waals surface area contributed by atoms with Gasteiger partial charge in [0.15, 0.2) is 0 Å². The number of likely N-dealkylation sites (tertiary alicyclic amines) is 1. The van der Waals surface area contributed by atoms with Crippen molar-refractivity contribution in [2.24, 2.45) is 5.92 Å². The fourth-order valence-electron chi connectivity index (χ4n) is 3.73. The number of rotatable bonds is 1. The molecule has 22 heavy (non-hydrogen) atoms. The van der Waals surface area contributed by atoms with E-state index >= 15 is 0 Å². The summed E-state index contributed by atoms with van der Waals surface area (Å²) in [6.45, 7) is 0.504. The van der Waals surface area contributed by atoms with Crippen LogP contribution in [-0.4, -0.2) is 23.4 Å². The van der Waals surface area contributed by atoms with E-state index in [9.17, 15) is 22.4 Å². The maximum absolute atomic E-state index is 14.1. The van der Waals surface area contributed by atoms with Gasteiger partial charge in [-0.25, -0.2) is 4.39 Å². The van der Waals surface area contributed by atoms with Crippen LogP contribution in [0.4, 0.5) is 17.6 Å². The molecule has 2 aliphatic rings. The van der Waals surface area contributed by atoms with Crippen LogP contribution in [0, 0.1) is 11.7 Å². The van der Waals surface area contributed by atoms with Crippen LogP contribution < -0.4 is 0 Å². The second kappa shape index (κ2) is 5.56. The van der Waals surface area contributed by atoms with Crippen molar-refractivity contribution in [1.29, 1.82) is 0 Å². The van der Waals surface area contributed by atoms with E-state index in [1.807, 2.05) is 0 Å². The number of alkyl halides is 3. The van der Waals surface area contributed by atoms with Crippen molar-refractivity contribution < 1.29 is 22.4 Å². The molecule has 2 fully saturated rings. The van der Waals surface area contributed by atoms with Crippen molar-refractivity contribution in [3.63, 3.8) is 0 Å². The number of nitrogens with zero attached hydrogens (tertiary/aromatic N) is 1. The van der Waals surface area contributed by atoms with E-state index in [-0.39, 0.29) is 6.04 Å². The third-order valence-electron chi connectivity index (χ3n) is 4.81. The smallest absolute Gasteiger partial charge is 0.335 e. The van der Waals surface area contributed by atoms with Crippen molar-refractivity contribution in [1.82, 2.24) is 4.90 Å².